The Morgan fingerprint density at radius 2 is 1.81 bits per heavy atom. The van der Waals surface area contributed by atoms with Crippen LogP contribution in [-0.4, -0.2) is 17.8 Å². The predicted molar refractivity (Wildman–Crippen MR) is 104 cm³/mol. The molecule has 2 aromatic rings. The van der Waals surface area contributed by atoms with Gasteiger partial charge in [0.25, 0.3) is 0 Å². The number of hydrogen-bond donors (Lipinski definition) is 1. The van der Waals surface area contributed by atoms with Crippen molar-refractivity contribution >= 4 is 11.8 Å². The van der Waals surface area contributed by atoms with Crippen molar-refractivity contribution in [1.29, 1.82) is 0 Å². The summed E-state index contributed by atoms with van der Waals surface area (Å²) in [6, 6.07) is 13.3. The number of halogens is 1. The molecule has 0 unspecified atom stereocenters. The average molecular weight is 375 g/mol. The van der Waals surface area contributed by atoms with Crippen molar-refractivity contribution < 1.29 is 14.2 Å². The van der Waals surface area contributed by atoms with Crippen LogP contribution in [-0.2, 0) is 15.8 Å². The summed E-state index contributed by atoms with van der Waals surface area (Å²) >= 11 is 1.52. The van der Waals surface area contributed by atoms with Crippen LogP contribution in [0.4, 0.5) is 4.39 Å². The second-order valence-electron chi connectivity index (χ2n) is 8.22. The molecule has 0 radical (unpaired) electrons. The highest BCUT2D eigenvalue weighted by Gasteiger charge is 2.35. The minimum absolute atomic E-state index is 0.0296. The van der Waals surface area contributed by atoms with Gasteiger partial charge in [-0.05, 0) is 53.8 Å². The highest BCUT2D eigenvalue weighted by molar-refractivity contribution is 7.99. The lowest BCUT2D eigenvalue weighted by atomic mass is 9.84. The van der Waals surface area contributed by atoms with Gasteiger partial charge in [-0.1, -0.05) is 44.7 Å². The van der Waals surface area contributed by atoms with E-state index in [0.717, 1.165) is 9.79 Å². The van der Waals surface area contributed by atoms with E-state index in [4.69, 9.17) is 4.74 Å². The third-order valence-electron chi connectivity index (χ3n) is 4.91. The minimum Gasteiger partial charge on any atom is -0.385 e. The Labute approximate surface area is 159 Å². The molecule has 0 spiro atoms. The van der Waals surface area contributed by atoms with Gasteiger partial charge in [0.15, 0.2) is 0 Å². The van der Waals surface area contributed by atoms with E-state index in [0.29, 0.717) is 25.0 Å². The zero-order valence-electron chi connectivity index (χ0n) is 15.9. The fraction of sp³-hybridized carbons (Fsp3) is 0.455. The lowest BCUT2D eigenvalue weighted by Crippen LogP contribution is -2.37. The Bertz CT molecular complexity index is 767. The Balaban J connectivity index is 1.84. The van der Waals surface area contributed by atoms with Crippen molar-refractivity contribution in [2.24, 2.45) is 0 Å². The molecule has 0 aliphatic carbocycles. The van der Waals surface area contributed by atoms with Gasteiger partial charge >= 0.3 is 0 Å². The normalized spacial score (nSPS) is 23.8. The molecule has 2 aromatic carbocycles. The molecule has 0 bridgehead atoms. The van der Waals surface area contributed by atoms with Crippen molar-refractivity contribution in [3.05, 3.63) is 59.4 Å². The maximum atomic E-state index is 14.2. The fourth-order valence-corrected chi connectivity index (χ4v) is 4.28. The van der Waals surface area contributed by atoms with Gasteiger partial charge in [-0.15, -0.1) is 0 Å². The Morgan fingerprint density at radius 3 is 2.42 bits per heavy atom. The lowest BCUT2D eigenvalue weighted by Gasteiger charge is -2.36. The highest BCUT2D eigenvalue weighted by Crippen LogP contribution is 2.38. The first-order valence-electron chi connectivity index (χ1n) is 9.09. The molecular formula is C22H27FO2S. The smallest absolute Gasteiger partial charge is 0.124 e. The number of aliphatic hydroxyl groups is 1. The molecule has 4 heteroatoms. The molecule has 3 rings (SSSR count). The molecule has 1 heterocycles. The van der Waals surface area contributed by atoms with Gasteiger partial charge < -0.3 is 9.84 Å². The van der Waals surface area contributed by atoms with Crippen LogP contribution in [0.3, 0.4) is 0 Å². The van der Waals surface area contributed by atoms with Gasteiger partial charge in [-0.3, -0.25) is 0 Å². The summed E-state index contributed by atoms with van der Waals surface area (Å²) < 4.78 is 19.7. The van der Waals surface area contributed by atoms with Crippen LogP contribution in [0.1, 0.15) is 51.7 Å². The number of benzene rings is 2. The number of rotatable bonds is 3. The zero-order valence-corrected chi connectivity index (χ0v) is 16.7. The van der Waals surface area contributed by atoms with Crippen LogP contribution in [0.25, 0.3) is 0 Å². The first kappa shape index (κ1) is 19.4. The summed E-state index contributed by atoms with van der Waals surface area (Å²) in [5.74, 6) is -0.316. The molecule has 0 amide bonds. The van der Waals surface area contributed by atoms with E-state index in [1.165, 1.54) is 29.5 Å². The monoisotopic (exact) mass is 374 g/mol. The van der Waals surface area contributed by atoms with Crippen molar-refractivity contribution in [2.45, 2.75) is 67.4 Å². The van der Waals surface area contributed by atoms with Crippen LogP contribution in [0.15, 0.2) is 52.3 Å². The first-order valence-corrected chi connectivity index (χ1v) is 9.91. The van der Waals surface area contributed by atoms with Gasteiger partial charge in [-0.2, -0.15) is 0 Å². The number of ether oxygens (including phenoxy) is 1. The molecule has 1 aliphatic rings. The molecule has 2 nitrogen and oxygen atoms in total. The van der Waals surface area contributed by atoms with Crippen LogP contribution in [0, 0.1) is 5.82 Å². The summed E-state index contributed by atoms with van der Waals surface area (Å²) in [6.45, 7) is 8.98. The molecule has 1 aliphatic heterocycles. The van der Waals surface area contributed by atoms with E-state index in [2.05, 4.69) is 45.0 Å². The van der Waals surface area contributed by atoms with Crippen molar-refractivity contribution in [3.63, 3.8) is 0 Å². The van der Waals surface area contributed by atoms with Crippen LogP contribution in [0.5, 0.6) is 0 Å². The second-order valence-corrected chi connectivity index (χ2v) is 9.37. The van der Waals surface area contributed by atoms with Crippen molar-refractivity contribution in [2.75, 3.05) is 6.61 Å². The maximum absolute atomic E-state index is 14.2. The quantitative estimate of drug-likeness (QED) is 0.751. The largest absolute Gasteiger partial charge is 0.385 e. The molecule has 0 saturated carbocycles. The summed E-state index contributed by atoms with van der Waals surface area (Å²) in [7, 11) is 0. The molecule has 26 heavy (non-hydrogen) atoms. The van der Waals surface area contributed by atoms with E-state index in [1.807, 2.05) is 13.0 Å². The van der Waals surface area contributed by atoms with Gasteiger partial charge in [-0.25, -0.2) is 4.39 Å². The summed E-state index contributed by atoms with van der Waals surface area (Å²) in [5.41, 5.74) is 0.998. The first-order chi connectivity index (χ1) is 12.2. The SMILES string of the molecule is C[C@H]1C[C@@](O)(c2cc(F)cc(Sc3ccc(C(C)(C)C)cc3)c2)CCO1. The van der Waals surface area contributed by atoms with Gasteiger partial charge in [0.1, 0.15) is 5.82 Å². The van der Waals surface area contributed by atoms with Crippen LogP contribution in [0.2, 0.25) is 0 Å². The van der Waals surface area contributed by atoms with Gasteiger partial charge in [0.2, 0.25) is 0 Å². The molecular weight excluding hydrogens is 347 g/mol. The second kappa shape index (κ2) is 7.34. The van der Waals surface area contributed by atoms with E-state index in [-0.39, 0.29) is 17.3 Å². The van der Waals surface area contributed by atoms with Gasteiger partial charge in [0, 0.05) is 22.6 Å². The van der Waals surface area contributed by atoms with Crippen LogP contribution < -0.4 is 0 Å². The maximum Gasteiger partial charge on any atom is 0.124 e. The Morgan fingerprint density at radius 1 is 1.12 bits per heavy atom. The lowest BCUT2D eigenvalue weighted by molar-refractivity contribution is -0.101. The Kier molecular flexibility index (Phi) is 5.48. The molecule has 1 N–H and O–H groups in total. The average Bonchev–Trinajstić information content (AvgIpc) is 2.54. The van der Waals surface area contributed by atoms with E-state index >= 15 is 0 Å². The zero-order chi connectivity index (χ0) is 18.9. The number of hydrogen-bond acceptors (Lipinski definition) is 3. The van der Waals surface area contributed by atoms with E-state index in [9.17, 15) is 9.50 Å². The molecule has 1 saturated heterocycles. The summed E-state index contributed by atoms with van der Waals surface area (Å²) in [5, 5.41) is 11.0. The molecule has 140 valence electrons. The predicted octanol–water partition coefficient (Wildman–Crippen LogP) is 5.66. The summed E-state index contributed by atoms with van der Waals surface area (Å²) in [4.78, 5) is 1.86. The Hall–Kier alpha value is -1.36. The van der Waals surface area contributed by atoms with E-state index < -0.39 is 5.60 Å². The van der Waals surface area contributed by atoms with Crippen molar-refractivity contribution in [3.8, 4) is 0 Å². The standard InChI is InChI=1S/C22H27FO2S/c1-15-14-22(24,9-10-25-15)17-11-18(23)13-20(12-17)26-19-7-5-16(6-8-19)21(2,3)4/h5-8,11-13,15,24H,9-10,14H2,1-4H3/t15-,22+/m0/s1. The third kappa shape index (κ3) is 4.48. The fourth-order valence-electron chi connectivity index (χ4n) is 3.38. The highest BCUT2D eigenvalue weighted by atomic mass is 32.2. The molecule has 0 aromatic heterocycles. The van der Waals surface area contributed by atoms with Crippen molar-refractivity contribution in [1.82, 2.24) is 0 Å². The third-order valence-corrected chi connectivity index (χ3v) is 5.89. The minimum atomic E-state index is -1.02. The van der Waals surface area contributed by atoms with Crippen LogP contribution >= 0.6 is 11.8 Å². The summed E-state index contributed by atoms with van der Waals surface area (Å²) in [6.07, 6.45) is 0.949. The van der Waals surface area contributed by atoms with E-state index in [1.54, 1.807) is 0 Å². The molecule has 1 fully saturated rings. The topological polar surface area (TPSA) is 29.5 Å². The molecule has 2 atom stereocenters. The van der Waals surface area contributed by atoms with Gasteiger partial charge in [0.05, 0.1) is 18.3 Å².